The Morgan fingerprint density at radius 2 is 1.74 bits per heavy atom. The summed E-state index contributed by atoms with van der Waals surface area (Å²) in [6.45, 7) is 4.10. The summed E-state index contributed by atoms with van der Waals surface area (Å²) in [5.41, 5.74) is 0.826. The predicted molar refractivity (Wildman–Crippen MR) is 123 cm³/mol. The summed E-state index contributed by atoms with van der Waals surface area (Å²) in [5, 5.41) is 6.99. The van der Waals surface area contributed by atoms with E-state index in [-0.39, 0.29) is 23.1 Å². The van der Waals surface area contributed by atoms with Gasteiger partial charge in [0.25, 0.3) is 5.91 Å². The molecule has 0 saturated carbocycles. The Labute approximate surface area is 196 Å². The first-order valence-corrected chi connectivity index (χ1v) is 11.7. The first-order chi connectivity index (χ1) is 16.1. The van der Waals surface area contributed by atoms with Gasteiger partial charge >= 0.3 is 6.18 Å². The smallest absolute Gasteiger partial charge is 0.348 e. The quantitative estimate of drug-likeness (QED) is 0.588. The monoisotopic (exact) mass is 471 g/mol. The van der Waals surface area contributed by atoms with Crippen molar-refractivity contribution >= 4 is 11.6 Å². The van der Waals surface area contributed by atoms with Crippen LogP contribution < -0.4 is 5.32 Å². The van der Waals surface area contributed by atoms with Crippen molar-refractivity contribution in [3.8, 4) is 11.3 Å². The van der Waals surface area contributed by atoms with Gasteiger partial charge in [0.05, 0.1) is 5.69 Å². The molecule has 3 atom stereocenters. The first-order valence-electron chi connectivity index (χ1n) is 11.7. The fourth-order valence-corrected chi connectivity index (χ4v) is 5.26. The zero-order chi connectivity index (χ0) is 24.2. The number of nitrogens with zero attached hydrogens (tertiary/aromatic N) is 4. The van der Waals surface area contributed by atoms with Crippen LogP contribution in [-0.2, 0) is 6.18 Å². The van der Waals surface area contributed by atoms with Crippen molar-refractivity contribution in [3.63, 3.8) is 0 Å². The lowest BCUT2D eigenvalue weighted by molar-refractivity contribution is -0.142. The van der Waals surface area contributed by atoms with E-state index in [9.17, 15) is 18.0 Å². The van der Waals surface area contributed by atoms with Crippen molar-refractivity contribution in [3.05, 3.63) is 53.3 Å². The van der Waals surface area contributed by atoms with Gasteiger partial charge in [-0.15, -0.1) is 0 Å². The van der Waals surface area contributed by atoms with E-state index in [0.29, 0.717) is 23.6 Å². The van der Waals surface area contributed by atoms with Gasteiger partial charge < -0.3 is 10.2 Å². The lowest BCUT2D eigenvalue weighted by Gasteiger charge is -2.36. The SMILES string of the molecule is CC(C)c1ccc(-c2cc(C(F)(F)F)n3nc(C(=O)NC4C[C@H]5CC[C@@H](C4)N5C)cc3n2)cc1. The molecule has 2 aromatic heterocycles. The number of fused-ring (bicyclic) bond motifs is 3. The summed E-state index contributed by atoms with van der Waals surface area (Å²) < 4.78 is 42.4. The van der Waals surface area contributed by atoms with Gasteiger partial charge in [-0.1, -0.05) is 38.1 Å². The molecule has 0 radical (unpaired) electrons. The average Bonchev–Trinajstić information content (AvgIpc) is 3.29. The number of piperidine rings is 1. The summed E-state index contributed by atoms with van der Waals surface area (Å²) >= 11 is 0. The van der Waals surface area contributed by atoms with E-state index in [1.54, 1.807) is 12.1 Å². The number of halogens is 3. The van der Waals surface area contributed by atoms with Crippen LogP contribution in [0.25, 0.3) is 16.9 Å². The Morgan fingerprint density at radius 1 is 1.09 bits per heavy atom. The van der Waals surface area contributed by atoms with Crippen LogP contribution in [0.15, 0.2) is 36.4 Å². The summed E-state index contributed by atoms with van der Waals surface area (Å²) in [7, 11) is 2.11. The summed E-state index contributed by atoms with van der Waals surface area (Å²) in [6.07, 6.45) is -0.743. The molecule has 1 N–H and O–H groups in total. The van der Waals surface area contributed by atoms with Crippen LogP contribution in [0.5, 0.6) is 0 Å². The van der Waals surface area contributed by atoms with Crippen LogP contribution in [0.1, 0.15) is 67.2 Å². The minimum absolute atomic E-state index is 0.00362. The van der Waals surface area contributed by atoms with Crippen LogP contribution >= 0.6 is 0 Å². The van der Waals surface area contributed by atoms with Gasteiger partial charge in [0.2, 0.25) is 0 Å². The van der Waals surface area contributed by atoms with E-state index in [2.05, 4.69) is 41.2 Å². The number of rotatable bonds is 4. The minimum atomic E-state index is -4.65. The molecule has 2 aliphatic rings. The van der Waals surface area contributed by atoms with Crippen molar-refractivity contribution in [2.75, 3.05) is 7.05 Å². The molecule has 2 saturated heterocycles. The lowest BCUT2D eigenvalue weighted by Crippen LogP contribution is -2.48. The van der Waals surface area contributed by atoms with Crippen molar-refractivity contribution in [1.82, 2.24) is 24.8 Å². The van der Waals surface area contributed by atoms with Crippen LogP contribution in [0.4, 0.5) is 13.2 Å². The van der Waals surface area contributed by atoms with Gasteiger partial charge in [-0.25, -0.2) is 9.50 Å². The summed E-state index contributed by atoms with van der Waals surface area (Å²) in [5.74, 6) is -0.152. The third-order valence-corrected chi connectivity index (χ3v) is 7.26. The van der Waals surface area contributed by atoms with Crippen LogP contribution in [0, 0.1) is 0 Å². The van der Waals surface area contributed by atoms with E-state index < -0.39 is 17.8 Å². The van der Waals surface area contributed by atoms with E-state index >= 15 is 0 Å². The normalized spacial score (nSPS) is 23.1. The second-order valence-corrected chi connectivity index (χ2v) is 9.79. The van der Waals surface area contributed by atoms with E-state index in [1.165, 1.54) is 6.07 Å². The topological polar surface area (TPSA) is 62.5 Å². The Bertz CT molecular complexity index is 1200. The van der Waals surface area contributed by atoms with Gasteiger partial charge in [-0.2, -0.15) is 18.3 Å². The van der Waals surface area contributed by atoms with E-state index in [0.717, 1.165) is 41.8 Å². The molecule has 180 valence electrons. The third kappa shape index (κ3) is 4.17. The van der Waals surface area contributed by atoms with Crippen molar-refractivity contribution in [1.29, 1.82) is 0 Å². The number of aromatic nitrogens is 3. The molecule has 9 heteroatoms. The molecular formula is C25H28F3N5O. The summed E-state index contributed by atoms with van der Waals surface area (Å²) in [6, 6.07) is 10.5. The number of benzene rings is 1. The minimum Gasteiger partial charge on any atom is -0.348 e. The Morgan fingerprint density at radius 3 is 2.32 bits per heavy atom. The number of hydrogen-bond donors (Lipinski definition) is 1. The van der Waals surface area contributed by atoms with Gasteiger partial charge in [0, 0.05) is 29.8 Å². The van der Waals surface area contributed by atoms with Crippen LogP contribution in [0.3, 0.4) is 0 Å². The Kier molecular flexibility index (Phi) is 5.62. The third-order valence-electron chi connectivity index (χ3n) is 7.26. The van der Waals surface area contributed by atoms with Crippen molar-refractivity contribution < 1.29 is 18.0 Å². The molecule has 0 aliphatic carbocycles. The summed E-state index contributed by atoms with van der Waals surface area (Å²) in [4.78, 5) is 19.7. The molecule has 34 heavy (non-hydrogen) atoms. The van der Waals surface area contributed by atoms with Crippen molar-refractivity contribution in [2.24, 2.45) is 0 Å². The fraction of sp³-hybridized carbons (Fsp3) is 0.480. The number of hydrogen-bond acceptors (Lipinski definition) is 4. The molecule has 0 spiro atoms. The average molecular weight is 472 g/mol. The largest absolute Gasteiger partial charge is 0.433 e. The number of amides is 1. The molecule has 2 fully saturated rings. The highest BCUT2D eigenvalue weighted by Gasteiger charge is 2.39. The molecule has 1 aromatic carbocycles. The maximum absolute atomic E-state index is 13.9. The lowest BCUT2D eigenvalue weighted by atomic mass is 9.98. The van der Waals surface area contributed by atoms with E-state index in [4.69, 9.17) is 0 Å². The van der Waals surface area contributed by atoms with Crippen LogP contribution in [-0.4, -0.2) is 50.6 Å². The molecule has 5 rings (SSSR count). The fourth-order valence-electron chi connectivity index (χ4n) is 5.26. The highest BCUT2D eigenvalue weighted by molar-refractivity contribution is 5.93. The van der Waals surface area contributed by atoms with Gasteiger partial charge in [-0.3, -0.25) is 4.79 Å². The van der Waals surface area contributed by atoms with E-state index in [1.807, 2.05) is 12.1 Å². The maximum atomic E-state index is 13.9. The molecular weight excluding hydrogens is 443 g/mol. The highest BCUT2D eigenvalue weighted by Crippen LogP contribution is 2.35. The predicted octanol–water partition coefficient (Wildman–Crippen LogP) is 4.89. The number of carbonyl (C=O) groups is 1. The molecule has 4 heterocycles. The molecule has 3 aromatic rings. The van der Waals surface area contributed by atoms with Gasteiger partial charge in [0.1, 0.15) is 0 Å². The molecule has 2 bridgehead atoms. The Hall–Kier alpha value is -2.94. The van der Waals surface area contributed by atoms with Gasteiger partial charge in [-0.05, 0) is 50.3 Å². The second kappa shape index (κ2) is 8.37. The van der Waals surface area contributed by atoms with Crippen molar-refractivity contribution in [2.45, 2.75) is 69.8 Å². The second-order valence-electron chi connectivity index (χ2n) is 9.79. The highest BCUT2D eigenvalue weighted by atomic mass is 19.4. The number of carbonyl (C=O) groups excluding carboxylic acids is 1. The Balaban J connectivity index is 1.46. The zero-order valence-corrected chi connectivity index (χ0v) is 19.4. The molecule has 2 aliphatic heterocycles. The standard InChI is InChI=1S/C25H28F3N5O/c1-14(2)15-4-6-16(7-5-15)20-12-22(25(26,27)28)33-23(30-20)13-21(31-33)24(34)29-17-10-18-8-9-19(11-17)32(18)3/h4-7,12-14,17-19H,8-11H2,1-3H3,(H,29,34)/t17?,18-,19+. The zero-order valence-electron chi connectivity index (χ0n) is 19.4. The number of nitrogens with one attached hydrogen (secondary N) is 1. The van der Waals surface area contributed by atoms with Gasteiger partial charge in [0.15, 0.2) is 17.0 Å². The molecule has 1 amide bonds. The first kappa shape index (κ1) is 22.8. The molecule has 6 nitrogen and oxygen atoms in total. The molecule has 1 unspecified atom stereocenters. The van der Waals surface area contributed by atoms with Crippen LogP contribution in [0.2, 0.25) is 0 Å². The number of alkyl halides is 3. The maximum Gasteiger partial charge on any atom is 0.433 e.